The van der Waals surface area contributed by atoms with Crippen LogP contribution >= 0.6 is 0 Å². The zero-order chi connectivity index (χ0) is 12.1. The molecule has 1 aromatic rings. The van der Waals surface area contributed by atoms with Crippen LogP contribution in [-0.4, -0.2) is 24.0 Å². The van der Waals surface area contributed by atoms with Gasteiger partial charge in [0.15, 0.2) is 0 Å². The van der Waals surface area contributed by atoms with E-state index in [1.54, 1.807) is 12.4 Å². The number of piperidine rings is 1. The summed E-state index contributed by atoms with van der Waals surface area (Å²) in [4.78, 5) is 16.1. The van der Waals surface area contributed by atoms with Crippen LogP contribution in [0.3, 0.4) is 0 Å². The highest BCUT2D eigenvalue weighted by atomic mass is 16.1. The molecule has 0 unspecified atom stereocenters. The van der Waals surface area contributed by atoms with Gasteiger partial charge in [-0.05, 0) is 37.9 Å². The lowest BCUT2D eigenvalue weighted by molar-refractivity contribution is -0.126. The van der Waals surface area contributed by atoms with Crippen molar-refractivity contribution in [2.45, 2.75) is 25.8 Å². The van der Waals surface area contributed by atoms with Gasteiger partial charge in [0, 0.05) is 18.9 Å². The molecule has 1 fully saturated rings. The van der Waals surface area contributed by atoms with Crippen molar-refractivity contribution in [3.05, 3.63) is 30.1 Å². The summed E-state index contributed by atoms with van der Waals surface area (Å²) in [5.74, 6) is 0.261. The number of pyridine rings is 1. The summed E-state index contributed by atoms with van der Waals surface area (Å²) in [7, 11) is 0. The van der Waals surface area contributed by atoms with Crippen molar-refractivity contribution in [1.82, 2.24) is 15.6 Å². The van der Waals surface area contributed by atoms with Crippen LogP contribution in [-0.2, 0) is 4.79 Å². The quantitative estimate of drug-likeness (QED) is 0.826. The Morgan fingerprint density at radius 3 is 3.18 bits per heavy atom. The second kappa shape index (κ2) is 5.77. The van der Waals surface area contributed by atoms with Crippen molar-refractivity contribution >= 4 is 5.91 Å². The number of hydrogen-bond acceptors (Lipinski definition) is 3. The predicted octanol–water partition coefficient (Wildman–Crippen LogP) is 1.26. The summed E-state index contributed by atoms with van der Waals surface area (Å²) >= 11 is 0. The van der Waals surface area contributed by atoms with Crippen LogP contribution < -0.4 is 10.6 Å². The van der Waals surface area contributed by atoms with Crippen LogP contribution in [0.5, 0.6) is 0 Å². The summed E-state index contributed by atoms with van der Waals surface area (Å²) in [6.45, 7) is 3.82. The number of amides is 1. The number of carbonyl (C=O) groups is 1. The molecule has 2 rings (SSSR count). The molecule has 0 saturated carbocycles. The predicted molar refractivity (Wildman–Crippen MR) is 66.4 cm³/mol. The smallest absolute Gasteiger partial charge is 0.224 e. The normalized spacial score (nSPS) is 21.8. The van der Waals surface area contributed by atoms with Gasteiger partial charge < -0.3 is 10.6 Å². The average molecular weight is 233 g/mol. The molecule has 1 saturated heterocycles. The summed E-state index contributed by atoms with van der Waals surface area (Å²) < 4.78 is 0. The van der Waals surface area contributed by atoms with Crippen LogP contribution in [0.25, 0.3) is 0 Å². The molecule has 92 valence electrons. The van der Waals surface area contributed by atoms with E-state index >= 15 is 0 Å². The number of aromatic nitrogens is 1. The van der Waals surface area contributed by atoms with E-state index in [9.17, 15) is 4.79 Å². The lowest BCUT2D eigenvalue weighted by Gasteiger charge is -2.24. The van der Waals surface area contributed by atoms with Gasteiger partial charge in [-0.15, -0.1) is 0 Å². The molecule has 1 aliphatic heterocycles. The largest absolute Gasteiger partial charge is 0.349 e. The second-order valence-electron chi connectivity index (χ2n) is 4.56. The van der Waals surface area contributed by atoms with Crippen molar-refractivity contribution in [2.75, 3.05) is 13.1 Å². The van der Waals surface area contributed by atoms with E-state index in [1.807, 2.05) is 19.1 Å². The van der Waals surface area contributed by atoms with E-state index in [1.165, 1.54) is 0 Å². The molecule has 0 aromatic carbocycles. The molecular formula is C13H19N3O. The Morgan fingerprint density at radius 1 is 1.65 bits per heavy atom. The van der Waals surface area contributed by atoms with Crippen LogP contribution in [0, 0.1) is 5.92 Å². The molecule has 2 atom stereocenters. The van der Waals surface area contributed by atoms with Gasteiger partial charge in [0.25, 0.3) is 0 Å². The third-order valence-electron chi connectivity index (χ3n) is 3.21. The Bertz CT molecular complexity index is 360. The van der Waals surface area contributed by atoms with E-state index in [0.717, 1.165) is 31.5 Å². The van der Waals surface area contributed by atoms with Gasteiger partial charge in [0.2, 0.25) is 5.91 Å². The highest BCUT2D eigenvalue weighted by Crippen LogP contribution is 2.14. The fourth-order valence-electron chi connectivity index (χ4n) is 2.12. The molecule has 0 bridgehead atoms. The molecule has 4 nitrogen and oxygen atoms in total. The monoisotopic (exact) mass is 233 g/mol. The van der Waals surface area contributed by atoms with Gasteiger partial charge in [-0.3, -0.25) is 9.78 Å². The zero-order valence-corrected chi connectivity index (χ0v) is 10.1. The third kappa shape index (κ3) is 3.27. The molecule has 0 spiro atoms. The lowest BCUT2D eigenvalue weighted by Crippen LogP contribution is -2.41. The Morgan fingerprint density at radius 2 is 2.53 bits per heavy atom. The van der Waals surface area contributed by atoms with Gasteiger partial charge in [-0.25, -0.2) is 0 Å². The molecule has 1 aliphatic rings. The van der Waals surface area contributed by atoms with E-state index in [4.69, 9.17) is 0 Å². The molecule has 2 N–H and O–H groups in total. The number of rotatable bonds is 3. The zero-order valence-electron chi connectivity index (χ0n) is 10.1. The molecular weight excluding hydrogens is 214 g/mol. The minimum atomic E-state index is 0.0260. The maximum Gasteiger partial charge on any atom is 0.224 e. The molecule has 17 heavy (non-hydrogen) atoms. The van der Waals surface area contributed by atoms with Crippen LogP contribution in [0.2, 0.25) is 0 Å². The standard InChI is InChI=1S/C13H19N3O/c1-10(11-4-2-6-14-8-11)16-13(17)12-5-3-7-15-9-12/h2,4,6,8,10,12,15H,3,5,7,9H2,1H3,(H,16,17)/t10-,12+/m0/s1. The van der Waals surface area contributed by atoms with Gasteiger partial charge >= 0.3 is 0 Å². The van der Waals surface area contributed by atoms with Gasteiger partial charge in [0.05, 0.1) is 12.0 Å². The molecule has 0 aliphatic carbocycles. The van der Waals surface area contributed by atoms with Crippen molar-refractivity contribution in [3.8, 4) is 0 Å². The Hall–Kier alpha value is -1.42. The van der Waals surface area contributed by atoms with Gasteiger partial charge in [-0.2, -0.15) is 0 Å². The van der Waals surface area contributed by atoms with E-state index in [0.29, 0.717) is 0 Å². The van der Waals surface area contributed by atoms with Crippen molar-refractivity contribution in [2.24, 2.45) is 5.92 Å². The second-order valence-corrected chi connectivity index (χ2v) is 4.56. The van der Waals surface area contributed by atoms with Crippen molar-refractivity contribution < 1.29 is 4.79 Å². The van der Waals surface area contributed by atoms with Gasteiger partial charge in [-0.1, -0.05) is 6.07 Å². The Balaban J connectivity index is 1.89. The number of hydrogen-bond donors (Lipinski definition) is 2. The SMILES string of the molecule is C[C@H](NC(=O)[C@@H]1CCCNC1)c1cccnc1. The van der Waals surface area contributed by atoms with E-state index in [-0.39, 0.29) is 17.9 Å². The lowest BCUT2D eigenvalue weighted by atomic mass is 9.98. The maximum atomic E-state index is 12.0. The highest BCUT2D eigenvalue weighted by Gasteiger charge is 2.22. The minimum absolute atomic E-state index is 0.0260. The fraction of sp³-hybridized carbons (Fsp3) is 0.538. The summed E-state index contributed by atoms with van der Waals surface area (Å²) in [6.07, 6.45) is 5.60. The van der Waals surface area contributed by atoms with Crippen LogP contribution in [0.4, 0.5) is 0 Å². The van der Waals surface area contributed by atoms with Crippen molar-refractivity contribution in [3.63, 3.8) is 0 Å². The summed E-state index contributed by atoms with van der Waals surface area (Å²) in [5, 5.41) is 6.30. The molecule has 1 aromatic heterocycles. The molecule has 1 amide bonds. The highest BCUT2D eigenvalue weighted by molar-refractivity contribution is 5.79. The van der Waals surface area contributed by atoms with Crippen LogP contribution in [0.15, 0.2) is 24.5 Å². The summed E-state index contributed by atoms with van der Waals surface area (Å²) in [5.41, 5.74) is 1.05. The van der Waals surface area contributed by atoms with Crippen LogP contribution in [0.1, 0.15) is 31.4 Å². The first-order chi connectivity index (χ1) is 8.27. The third-order valence-corrected chi connectivity index (χ3v) is 3.21. The first-order valence-electron chi connectivity index (χ1n) is 6.18. The topological polar surface area (TPSA) is 54.0 Å². The Labute approximate surface area is 102 Å². The summed E-state index contributed by atoms with van der Waals surface area (Å²) in [6, 6.07) is 3.90. The Kier molecular flexibility index (Phi) is 4.09. The first kappa shape index (κ1) is 12.0. The van der Waals surface area contributed by atoms with E-state index in [2.05, 4.69) is 15.6 Å². The fourth-order valence-corrected chi connectivity index (χ4v) is 2.12. The van der Waals surface area contributed by atoms with E-state index < -0.39 is 0 Å². The first-order valence-corrected chi connectivity index (χ1v) is 6.18. The molecule has 0 radical (unpaired) electrons. The van der Waals surface area contributed by atoms with Gasteiger partial charge in [0.1, 0.15) is 0 Å². The number of nitrogens with one attached hydrogen (secondary N) is 2. The minimum Gasteiger partial charge on any atom is -0.349 e. The van der Waals surface area contributed by atoms with Crippen molar-refractivity contribution in [1.29, 1.82) is 0 Å². The number of carbonyl (C=O) groups excluding carboxylic acids is 1. The maximum absolute atomic E-state index is 12.0. The molecule has 2 heterocycles. The number of nitrogens with zero attached hydrogens (tertiary/aromatic N) is 1. The molecule has 4 heteroatoms. The average Bonchev–Trinajstić information content (AvgIpc) is 2.40.